The summed E-state index contributed by atoms with van der Waals surface area (Å²) >= 11 is 0. The highest BCUT2D eigenvalue weighted by molar-refractivity contribution is 5.90. The molecule has 0 saturated carbocycles. The Morgan fingerprint density at radius 2 is 2.17 bits per heavy atom. The minimum atomic E-state index is -0.596. The summed E-state index contributed by atoms with van der Waals surface area (Å²) in [6, 6.07) is 5.58. The molecule has 0 bridgehead atoms. The third-order valence-corrected chi connectivity index (χ3v) is 3.37. The lowest BCUT2D eigenvalue weighted by Crippen LogP contribution is -2.62. The van der Waals surface area contributed by atoms with Gasteiger partial charge in [0.2, 0.25) is 5.91 Å². The average molecular weight is 244 g/mol. The number of nitrogens with zero attached hydrogens (tertiary/aromatic N) is 4. The Morgan fingerprint density at radius 1 is 1.44 bits per heavy atom. The molecule has 2 rings (SSSR count). The van der Waals surface area contributed by atoms with E-state index in [0.717, 1.165) is 12.2 Å². The number of amides is 1. The zero-order valence-electron chi connectivity index (χ0n) is 10.8. The molecular formula is C13H16N4O. The predicted octanol–water partition coefficient (Wildman–Crippen LogP) is 1.01. The molecule has 2 heterocycles. The second kappa shape index (κ2) is 4.30. The Labute approximate surface area is 107 Å². The van der Waals surface area contributed by atoms with Crippen molar-refractivity contribution < 1.29 is 4.79 Å². The van der Waals surface area contributed by atoms with Crippen molar-refractivity contribution in [2.45, 2.75) is 19.4 Å². The van der Waals surface area contributed by atoms with Crippen LogP contribution >= 0.6 is 0 Å². The van der Waals surface area contributed by atoms with Crippen LogP contribution in [0.15, 0.2) is 18.3 Å². The van der Waals surface area contributed by atoms with Gasteiger partial charge in [-0.2, -0.15) is 5.26 Å². The molecule has 18 heavy (non-hydrogen) atoms. The Morgan fingerprint density at radius 3 is 2.83 bits per heavy atom. The lowest BCUT2D eigenvalue weighted by molar-refractivity contribution is -0.136. The van der Waals surface area contributed by atoms with Gasteiger partial charge in [0, 0.05) is 32.0 Å². The molecule has 1 aliphatic rings. The van der Waals surface area contributed by atoms with E-state index in [1.54, 1.807) is 17.2 Å². The van der Waals surface area contributed by atoms with Crippen LogP contribution in [0.5, 0.6) is 0 Å². The van der Waals surface area contributed by atoms with Crippen molar-refractivity contribution in [2.75, 3.05) is 25.0 Å². The molecule has 0 unspecified atom stereocenters. The fraction of sp³-hybridized carbons (Fsp3) is 0.462. The van der Waals surface area contributed by atoms with Gasteiger partial charge < -0.3 is 9.80 Å². The fourth-order valence-corrected chi connectivity index (χ4v) is 2.31. The van der Waals surface area contributed by atoms with Gasteiger partial charge in [-0.3, -0.25) is 4.79 Å². The molecule has 1 amide bonds. The minimum Gasteiger partial charge on any atom is -0.356 e. The van der Waals surface area contributed by atoms with Crippen LogP contribution in [0, 0.1) is 11.3 Å². The van der Waals surface area contributed by atoms with Crippen molar-refractivity contribution in [1.82, 2.24) is 9.88 Å². The topological polar surface area (TPSA) is 60.2 Å². The van der Waals surface area contributed by atoms with E-state index in [1.807, 2.05) is 37.9 Å². The highest BCUT2D eigenvalue weighted by atomic mass is 16.2. The molecule has 0 N–H and O–H groups in total. The number of carbonyl (C=O) groups excluding carboxylic acids is 1. The first kappa shape index (κ1) is 12.4. The summed E-state index contributed by atoms with van der Waals surface area (Å²) in [6.45, 7) is 5.24. The second-order valence-corrected chi connectivity index (χ2v) is 4.95. The summed E-state index contributed by atoms with van der Waals surface area (Å²) in [5.41, 5.74) is 0.642. The van der Waals surface area contributed by atoms with Crippen LogP contribution in [0.25, 0.3) is 0 Å². The maximum absolute atomic E-state index is 12.2. The van der Waals surface area contributed by atoms with Crippen LogP contribution in [0.1, 0.15) is 19.5 Å². The van der Waals surface area contributed by atoms with E-state index in [9.17, 15) is 4.79 Å². The maximum atomic E-state index is 12.2. The molecule has 1 fully saturated rings. The third-order valence-electron chi connectivity index (χ3n) is 3.37. The first-order valence-corrected chi connectivity index (χ1v) is 5.86. The monoisotopic (exact) mass is 244 g/mol. The first-order chi connectivity index (χ1) is 8.46. The summed E-state index contributed by atoms with van der Waals surface area (Å²) in [4.78, 5) is 19.9. The van der Waals surface area contributed by atoms with Crippen molar-refractivity contribution in [3.05, 3.63) is 24.0 Å². The Balaban J connectivity index is 2.38. The molecule has 5 nitrogen and oxygen atoms in total. The Kier molecular flexibility index (Phi) is 2.95. The van der Waals surface area contributed by atoms with Crippen molar-refractivity contribution in [1.29, 1.82) is 5.26 Å². The van der Waals surface area contributed by atoms with Gasteiger partial charge in [-0.15, -0.1) is 0 Å². The number of rotatable bonds is 1. The standard InChI is InChI=1S/C13H16N4O/c1-13(2)12(18)16(3)6-7-17(13)11-4-5-15-10(8-11)9-14/h4-5,8H,6-7H2,1-3H3. The van der Waals surface area contributed by atoms with E-state index in [4.69, 9.17) is 5.26 Å². The smallest absolute Gasteiger partial charge is 0.247 e. The lowest BCUT2D eigenvalue weighted by Gasteiger charge is -2.46. The van der Waals surface area contributed by atoms with Crippen LogP contribution in [-0.2, 0) is 4.79 Å². The van der Waals surface area contributed by atoms with Crippen molar-refractivity contribution in [3.63, 3.8) is 0 Å². The molecule has 1 aromatic heterocycles. The molecule has 5 heteroatoms. The van der Waals surface area contributed by atoms with Gasteiger partial charge >= 0.3 is 0 Å². The number of piperazine rings is 1. The highest BCUT2D eigenvalue weighted by Crippen LogP contribution is 2.28. The zero-order valence-corrected chi connectivity index (χ0v) is 10.8. The van der Waals surface area contributed by atoms with Crippen LogP contribution in [-0.4, -0.2) is 41.5 Å². The molecule has 0 spiro atoms. The molecule has 0 atom stereocenters. The number of hydrogen-bond acceptors (Lipinski definition) is 4. The molecule has 0 radical (unpaired) electrons. The molecule has 94 valence electrons. The molecular weight excluding hydrogens is 228 g/mol. The minimum absolute atomic E-state index is 0.0871. The highest BCUT2D eigenvalue weighted by Gasteiger charge is 2.40. The summed E-state index contributed by atoms with van der Waals surface area (Å²) < 4.78 is 0. The van der Waals surface area contributed by atoms with Crippen LogP contribution < -0.4 is 4.90 Å². The predicted molar refractivity (Wildman–Crippen MR) is 68.0 cm³/mol. The normalized spacial score (nSPS) is 18.7. The molecule has 1 saturated heterocycles. The van der Waals surface area contributed by atoms with Gasteiger partial charge in [0.05, 0.1) is 0 Å². The molecule has 0 aliphatic carbocycles. The number of hydrogen-bond donors (Lipinski definition) is 0. The van der Waals surface area contributed by atoms with Gasteiger partial charge in [-0.25, -0.2) is 4.98 Å². The van der Waals surface area contributed by atoms with Gasteiger partial charge in [0.25, 0.3) is 0 Å². The van der Waals surface area contributed by atoms with Crippen molar-refractivity contribution in [3.8, 4) is 6.07 Å². The lowest BCUT2D eigenvalue weighted by atomic mass is 9.97. The van der Waals surface area contributed by atoms with E-state index in [-0.39, 0.29) is 5.91 Å². The number of aromatic nitrogens is 1. The first-order valence-electron chi connectivity index (χ1n) is 5.86. The summed E-state index contributed by atoms with van der Waals surface area (Å²) in [6.07, 6.45) is 1.60. The molecule has 0 aromatic carbocycles. The van der Waals surface area contributed by atoms with Crippen molar-refractivity contribution in [2.24, 2.45) is 0 Å². The quantitative estimate of drug-likeness (QED) is 0.739. The molecule has 1 aromatic rings. The largest absolute Gasteiger partial charge is 0.356 e. The number of pyridine rings is 1. The fourth-order valence-electron chi connectivity index (χ4n) is 2.31. The SMILES string of the molecule is CN1CCN(c2ccnc(C#N)c2)C(C)(C)C1=O. The van der Waals surface area contributed by atoms with E-state index >= 15 is 0 Å². The average Bonchev–Trinajstić information content (AvgIpc) is 2.36. The number of nitriles is 1. The van der Waals surface area contributed by atoms with Crippen LogP contribution in [0.2, 0.25) is 0 Å². The third kappa shape index (κ3) is 1.90. The number of likely N-dealkylation sites (N-methyl/N-ethyl adjacent to an activating group) is 1. The summed E-state index contributed by atoms with van der Waals surface area (Å²) in [5, 5.41) is 8.88. The van der Waals surface area contributed by atoms with Crippen LogP contribution in [0.4, 0.5) is 5.69 Å². The van der Waals surface area contributed by atoms with Gasteiger partial charge in [0.1, 0.15) is 17.3 Å². The Bertz CT molecular complexity index is 518. The number of carbonyl (C=O) groups is 1. The number of anilines is 1. The Hall–Kier alpha value is -2.09. The van der Waals surface area contributed by atoms with Gasteiger partial charge in [-0.05, 0) is 26.0 Å². The van der Waals surface area contributed by atoms with Gasteiger partial charge in [0.15, 0.2) is 0 Å². The van der Waals surface area contributed by atoms with Gasteiger partial charge in [-0.1, -0.05) is 0 Å². The van der Waals surface area contributed by atoms with E-state index < -0.39 is 5.54 Å². The van der Waals surface area contributed by atoms with E-state index in [1.165, 1.54) is 0 Å². The molecule has 1 aliphatic heterocycles. The van der Waals surface area contributed by atoms with Crippen molar-refractivity contribution >= 4 is 11.6 Å². The summed E-state index contributed by atoms with van der Waals surface area (Å²) in [7, 11) is 1.81. The second-order valence-electron chi connectivity index (χ2n) is 4.95. The summed E-state index contributed by atoms with van der Waals surface area (Å²) in [5.74, 6) is 0.0871. The van der Waals surface area contributed by atoms with E-state index in [2.05, 4.69) is 4.98 Å². The van der Waals surface area contributed by atoms with E-state index in [0.29, 0.717) is 12.2 Å². The zero-order chi connectivity index (χ0) is 13.3. The van der Waals surface area contributed by atoms with Crippen LogP contribution in [0.3, 0.4) is 0 Å². The maximum Gasteiger partial charge on any atom is 0.247 e.